The molecule has 0 spiro atoms. The molecule has 0 aliphatic heterocycles. The largest absolute Gasteiger partial charge is 0.384 e. The van der Waals surface area contributed by atoms with Crippen LogP contribution in [-0.2, 0) is 23.5 Å². The number of rotatable bonds is 9. The van der Waals surface area contributed by atoms with Crippen LogP contribution in [0.4, 0.5) is 5.69 Å². The number of sulfonamides is 1. The van der Waals surface area contributed by atoms with Gasteiger partial charge in [-0.25, -0.2) is 13.1 Å². The first-order chi connectivity index (χ1) is 15.8. The van der Waals surface area contributed by atoms with E-state index in [9.17, 15) is 8.42 Å². The Labute approximate surface area is 196 Å². The first-order valence-corrected chi connectivity index (χ1v) is 13.2. The van der Waals surface area contributed by atoms with Crippen LogP contribution in [0.2, 0.25) is 0 Å². The molecular formula is C24H34N6O2S. The molecule has 1 aliphatic rings. The third kappa shape index (κ3) is 5.35. The Balaban J connectivity index is 1.47. The second-order valence-electron chi connectivity index (χ2n) is 9.70. The standard InChI is InChI=1S/C24H34N6O2S/c1-24(2)12-5-4-7-18(24)15-28-33(31,32)22-10-9-21(20-16-25-14-11-19(20)22)26-13-6-8-23-29-27-17-30(23)3/h9-11,14,16-18,26,28H,4-8,12-13,15H2,1-3H3. The molecule has 8 nitrogen and oxygen atoms in total. The Morgan fingerprint density at radius 3 is 2.79 bits per heavy atom. The zero-order valence-corrected chi connectivity index (χ0v) is 20.5. The monoisotopic (exact) mass is 470 g/mol. The van der Waals surface area contributed by atoms with Gasteiger partial charge < -0.3 is 9.88 Å². The molecule has 1 unspecified atom stereocenters. The van der Waals surface area contributed by atoms with Gasteiger partial charge in [0.25, 0.3) is 0 Å². The number of benzene rings is 1. The molecule has 2 heterocycles. The van der Waals surface area contributed by atoms with Gasteiger partial charge in [-0.05, 0) is 48.8 Å². The first kappa shape index (κ1) is 23.6. The lowest BCUT2D eigenvalue weighted by atomic mass is 9.69. The predicted octanol–water partition coefficient (Wildman–Crippen LogP) is 3.90. The van der Waals surface area contributed by atoms with E-state index in [1.807, 2.05) is 17.7 Å². The fourth-order valence-electron chi connectivity index (χ4n) is 4.79. The predicted molar refractivity (Wildman–Crippen MR) is 130 cm³/mol. The zero-order valence-electron chi connectivity index (χ0n) is 19.7. The van der Waals surface area contributed by atoms with Gasteiger partial charge >= 0.3 is 0 Å². The van der Waals surface area contributed by atoms with Gasteiger partial charge in [0.05, 0.1) is 4.90 Å². The normalized spacial score (nSPS) is 18.5. The topological polar surface area (TPSA) is 102 Å². The van der Waals surface area contributed by atoms with E-state index in [-0.39, 0.29) is 5.41 Å². The van der Waals surface area contributed by atoms with Gasteiger partial charge in [-0.1, -0.05) is 26.7 Å². The minimum Gasteiger partial charge on any atom is -0.384 e. The first-order valence-electron chi connectivity index (χ1n) is 11.7. The summed E-state index contributed by atoms with van der Waals surface area (Å²) in [5, 5.41) is 12.9. The maximum atomic E-state index is 13.3. The van der Waals surface area contributed by atoms with Crippen molar-refractivity contribution in [2.75, 3.05) is 18.4 Å². The third-order valence-electron chi connectivity index (χ3n) is 7.01. The number of fused-ring (bicyclic) bond motifs is 1. The Kier molecular flexibility index (Phi) is 6.99. The second-order valence-corrected chi connectivity index (χ2v) is 11.4. The second kappa shape index (κ2) is 9.77. The summed E-state index contributed by atoms with van der Waals surface area (Å²) in [6.45, 7) is 5.70. The van der Waals surface area contributed by atoms with Crippen molar-refractivity contribution in [1.82, 2.24) is 24.5 Å². The fourth-order valence-corrected chi connectivity index (χ4v) is 6.08. The Morgan fingerprint density at radius 2 is 2.03 bits per heavy atom. The van der Waals surface area contributed by atoms with E-state index in [1.54, 1.807) is 30.9 Å². The summed E-state index contributed by atoms with van der Waals surface area (Å²) in [4.78, 5) is 4.54. The van der Waals surface area contributed by atoms with Crippen LogP contribution >= 0.6 is 0 Å². The van der Waals surface area contributed by atoms with Crippen LogP contribution in [0.25, 0.3) is 10.8 Å². The van der Waals surface area contributed by atoms with E-state index < -0.39 is 10.0 Å². The fraction of sp³-hybridized carbons (Fsp3) is 0.542. The van der Waals surface area contributed by atoms with E-state index in [0.717, 1.165) is 49.1 Å². The number of pyridine rings is 1. The highest BCUT2D eigenvalue weighted by molar-refractivity contribution is 7.89. The Hall–Kier alpha value is -2.52. The van der Waals surface area contributed by atoms with Gasteiger partial charge in [-0.15, -0.1) is 10.2 Å². The molecule has 2 N–H and O–H groups in total. The average Bonchev–Trinajstić information content (AvgIpc) is 3.20. The molecule has 0 amide bonds. The quantitative estimate of drug-likeness (QED) is 0.460. The molecule has 3 aromatic rings. The molecule has 1 aliphatic carbocycles. The molecule has 2 aromatic heterocycles. The number of nitrogens with one attached hydrogen (secondary N) is 2. The van der Waals surface area contributed by atoms with Gasteiger partial charge in [0.1, 0.15) is 12.2 Å². The van der Waals surface area contributed by atoms with Gasteiger partial charge in [-0.2, -0.15) is 0 Å². The van der Waals surface area contributed by atoms with Crippen molar-refractivity contribution in [2.45, 2.75) is 57.3 Å². The van der Waals surface area contributed by atoms with E-state index in [0.29, 0.717) is 22.7 Å². The third-order valence-corrected chi connectivity index (χ3v) is 8.50. The molecule has 1 aromatic carbocycles. The minimum absolute atomic E-state index is 0.158. The molecule has 4 rings (SSSR count). The van der Waals surface area contributed by atoms with E-state index in [2.05, 4.69) is 39.1 Å². The Bertz CT molecular complexity index is 1200. The minimum atomic E-state index is -3.64. The van der Waals surface area contributed by atoms with Crippen LogP contribution in [0.3, 0.4) is 0 Å². The smallest absolute Gasteiger partial charge is 0.241 e. The number of aromatic nitrogens is 4. The summed E-state index contributed by atoms with van der Waals surface area (Å²) in [6, 6.07) is 5.31. The van der Waals surface area contributed by atoms with Crippen LogP contribution < -0.4 is 10.0 Å². The van der Waals surface area contributed by atoms with Gasteiger partial charge in [-0.3, -0.25) is 4.98 Å². The van der Waals surface area contributed by atoms with Crippen LogP contribution in [0.15, 0.2) is 41.8 Å². The lowest BCUT2D eigenvalue weighted by molar-refractivity contribution is 0.141. The maximum absolute atomic E-state index is 13.3. The number of aryl methyl sites for hydroxylation is 2. The molecule has 0 saturated heterocycles. The highest BCUT2D eigenvalue weighted by atomic mass is 32.2. The van der Waals surface area contributed by atoms with Crippen molar-refractivity contribution in [3.63, 3.8) is 0 Å². The summed E-state index contributed by atoms with van der Waals surface area (Å²) in [6.07, 6.45) is 11.4. The van der Waals surface area contributed by atoms with Gasteiger partial charge in [0, 0.05) is 55.4 Å². The highest BCUT2D eigenvalue weighted by Crippen LogP contribution is 2.40. The molecule has 1 saturated carbocycles. The summed E-state index contributed by atoms with van der Waals surface area (Å²) in [7, 11) is -1.70. The van der Waals surface area contributed by atoms with Crippen LogP contribution in [-0.4, -0.2) is 41.3 Å². The van der Waals surface area contributed by atoms with Crippen molar-refractivity contribution in [1.29, 1.82) is 0 Å². The SMILES string of the molecule is Cn1cnnc1CCCNc1ccc(S(=O)(=O)NCC2CCCCC2(C)C)c2ccncc12. The lowest BCUT2D eigenvalue weighted by Crippen LogP contribution is -2.38. The Morgan fingerprint density at radius 1 is 1.18 bits per heavy atom. The molecule has 0 bridgehead atoms. The molecule has 1 atom stereocenters. The van der Waals surface area contributed by atoms with Crippen molar-refractivity contribution < 1.29 is 8.42 Å². The number of hydrogen-bond donors (Lipinski definition) is 2. The highest BCUT2D eigenvalue weighted by Gasteiger charge is 2.33. The van der Waals surface area contributed by atoms with Crippen LogP contribution in [0, 0.1) is 11.3 Å². The number of hydrogen-bond acceptors (Lipinski definition) is 6. The lowest BCUT2D eigenvalue weighted by Gasteiger charge is -2.38. The van der Waals surface area contributed by atoms with E-state index in [1.165, 1.54) is 12.8 Å². The van der Waals surface area contributed by atoms with Crippen molar-refractivity contribution in [2.24, 2.45) is 18.4 Å². The van der Waals surface area contributed by atoms with Crippen molar-refractivity contribution >= 4 is 26.5 Å². The summed E-state index contributed by atoms with van der Waals surface area (Å²) in [5.41, 5.74) is 1.04. The number of nitrogens with zero attached hydrogens (tertiary/aromatic N) is 4. The molecule has 1 fully saturated rings. The van der Waals surface area contributed by atoms with Gasteiger partial charge in [0.2, 0.25) is 10.0 Å². The van der Waals surface area contributed by atoms with Gasteiger partial charge in [0.15, 0.2) is 0 Å². The van der Waals surface area contributed by atoms with Crippen molar-refractivity contribution in [3.8, 4) is 0 Å². The van der Waals surface area contributed by atoms with E-state index in [4.69, 9.17) is 0 Å². The molecule has 33 heavy (non-hydrogen) atoms. The summed E-state index contributed by atoms with van der Waals surface area (Å²) < 4.78 is 31.4. The van der Waals surface area contributed by atoms with Crippen LogP contribution in [0.5, 0.6) is 0 Å². The molecule has 9 heteroatoms. The number of anilines is 1. The molecule has 0 radical (unpaired) electrons. The summed E-state index contributed by atoms with van der Waals surface area (Å²) >= 11 is 0. The summed E-state index contributed by atoms with van der Waals surface area (Å²) in [5.74, 6) is 1.29. The van der Waals surface area contributed by atoms with Crippen LogP contribution in [0.1, 0.15) is 51.8 Å². The average molecular weight is 471 g/mol. The molecule has 178 valence electrons. The van der Waals surface area contributed by atoms with Crippen molar-refractivity contribution in [3.05, 3.63) is 42.7 Å². The maximum Gasteiger partial charge on any atom is 0.241 e. The zero-order chi connectivity index (χ0) is 23.5. The molecular weight excluding hydrogens is 436 g/mol. The van der Waals surface area contributed by atoms with E-state index >= 15 is 0 Å².